The van der Waals surface area contributed by atoms with Gasteiger partial charge in [-0.1, -0.05) is 6.42 Å². The van der Waals surface area contributed by atoms with Crippen LogP contribution in [0.2, 0.25) is 0 Å². The van der Waals surface area contributed by atoms with Gasteiger partial charge in [0.15, 0.2) is 0 Å². The largest absolute Gasteiger partial charge is 0.497 e. The second-order valence-corrected chi connectivity index (χ2v) is 5.54. The molecule has 1 aliphatic heterocycles. The van der Waals surface area contributed by atoms with Gasteiger partial charge in [0.1, 0.15) is 11.5 Å². The normalized spacial score (nSPS) is 19.6. The number of nitrogens with one attached hydrogen (secondary N) is 1. The van der Waals surface area contributed by atoms with Crippen LogP contribution in [-0.4, -0.2) is 32.6 Å². The molecular formula is C14H21NO2S. The fourth-order valence-corrected chi connectivity index (χ4v) is 3.26. The molecule has 0 spiro atoms. The monoisotopic (exact) mass is 267 g/mol. The lowest BCUT2D eigenvalue weighted by atomic mass is 10.1. The third-order valence-electron chi connectivity index (χ3n) is 3.22. The maximum absolute atomic E-state index is 5.41. The molecule has 1 aromatic rings. The van der Waals surface area contributed by atoms with E-state index in [9.17, 15) is 0 Å². The Balaban J connectivity index is 1.95. The molecular weight excluding hydrogens is 246 g/mol. The lowest BCUT2D eigenvalue weighted by Crippen LogP contribution is -2.35. The molecule has 1 saturated heterocycles. The quantitative estimate of drug-likeness (QED) is 0.831. The molecule has 0 amide bonds. The highest BCUT2D eigenvalue weighted by molar-refractivity contribution is 7.99. The van der Waals surface area contributed by atoms with Crippen molar-refractivity contribution in [1.82, 2.24) is 5.32 Å². The van der Waals surface area contributed by atoms with E-state index in [1.807, 2.05) is 23.9 Å². The van der Waals surface area contributed by atoms with E-state index >= 15 is 0 Å². The highest BCUT2D eigenvalue weighted by Crippen LogP contribution is 2.33. The van der Waals surface area contributed by atoms with Crippen molar-refractivity contribution in [3.63, 3.8) is 0 Å². The highest BCUT2D eigenvalue weighted by Gasteiger charge is 2.14. The minimum atomic E-state index is 0.635. The molecule has 1 fully saturated rings. The fraction of sp³-hybridized carbons (Fsp3) is 0.571. The van der Waals surface area contributed by atoms with Gasteiger partial charge in [-0.25, -0.2) is 0 Å². The van der Waals surface area contributed by atoms with Crippen LogP contribution >= 0.6 is 11.8 Å². The van der Waals surface area contributed by atoms with Crippen LogP contribution in [0, 0.1) is 0 Å². The van der Waals surface area contributed by atoms with Gasteiger partial charge in [0, 0.05) is 22.8 Å². The van der Waals surface area contributed by atoms with Crippen molar-refractivity contribution in [2.45, 2.75) is 30.2 Å². The van der Waals surface area contributed by atoms with Crippen molar-refractivity contribution in [2.24, 2.45) is 0 Å². The van der Waals surface area contributed by atoms with Crippen LogP contribution in [0.3, 0.4) is 0 Å². The van der Waals surface area contributed by atoms with E-state index in [1.54, 1.807) is 14.2 Å². The van der Waals surface area contributed by atoms with Crippen LogP contribution in [-0.2, 0) is 0 Å². The predicted molar refractivity (Wildman–Crippen MR) is 75.9 cm³/mol. The van der Waals surface area contributed by atoms with Gasteiger partial charge in [-0.05, 0) is 31.5 Å². The van der Waals surface area contributed by atoms with Gasteiger partial charge in [0.25, 0.3) is 0 Å². The average Bonchev–Trinajstić information content (AvgIpc) is 2.46. The minimum absolute atomic E-state index is 0.635. The lowest BCUT2D eigenvalue weighted by Gasteiger charge is -2.23. The van der Waals surface area contributed by atoms with Crippen molar-refractivity contribution in [3.05, 3.63) is 18.2 Å². The third-order valence-corrected chi connectivity index (χ3v) is 4.44. The Labute approximate surface area is 113 Å². The zero-order valence-corrected chi connectivity index (χ0v) is 11.9. The Morgan fingerprint density at radius 3 is 2.83 bits per heavy atom. The summed E-state index contributed by atoms with van der Waals surface area (Å²) in [4.78, 5) is 1.19. The number of benzene rings is 1. The van der Waals surface area contributed by atoms with Crippen molar-refractivity contribution in [1.29, 1.82) is 0 Å². The van der Waals surface area contributed by atoms with Gasteiger partial charge in [-0.2, -0.15) is 0 Å². The predicted octanol–water partition coefficient (Wildman–Crippen LogP) is 2.94. The summed E-state index contributed by atoms with van der Waals surface area (Å²) >= 11 is 1.85. The van der Waals surface area contributed by atoms with Crippen LogP contribution in [0.25, 0.3) is 0 Å². The molecule has 0 radical (unpaired) electrons. The van der Waals surface area contributed by atoms with E-state index in [0.29, 0.717) is 6.04 Å². The van der Waals surface area contributed by atoms with Crippen molar-refractivity contribution < 1.29 is 9.47 Å². The first-order chi connectivity index (χ1) is 8.83. The number of rotatable bonds is 5. The Hall–Kier alpha value is -0.870. The molecule has 1 N–H and O–H groups in total. The van der Waals surface area contributed by atoms with Gasteiger partial charge in [0.2, 0.25) is 0 Å². The first-order valence-electron chi connectivity index (χ1n) is 6.41. The zero-order chi connectivity index (χ0) is 12.8. The van der Waals surface area contributed by atoms with Crippen molar-refractivity contribution in [2.75, 3.05) is 26.5 Å². The fourth-order valence-electron chi connectivity index (χ4n) is 2.15. The smallest absolute Gasteiger partial charge is 0.136 e. The summed E-state index contributed by atoms with van der Waals surface area (Å²) in [5, 5.41) is 3.56. The molecule has 0 aromatic heterocycles. The van der Waals surface area contributed by atoms with Crippen LogP contribution < -0.4 is 14.8 Å². The molecule has 1 unspecified atom stereocenters. The topological polar surface area (TPSA) is 30.5 Å². The summed E-state index contributed by atoms with van der Waals surface area (Å²) in [6.45, 7) is 1.16. The van der Waals surface area contributed by atoms with E-state index in [-0.39, 0.29) is 0 Å². The summed E-state index contributed by atoms with van der Waals surface area (Å²) in [5.41, 5.74) is 0. The molecule has 1 aliphatic rings. The molecule has 1 atom stereocenters. The van der Waals surface area contributed by atoms with Gasteiger partial charge in [0.05, 0.1) is 14.2 Å². The number of hydrogen-bond donors (Lipinski definition) is 1. The van der Waals surface area contributed by atoms with Crippen molar-refractivity contribution in [3.8, 4) is 11.5 Å². The second-order valence-electron chi connectivity index (χ2n) is 4.47. The number of methoxy groups -OCH3 is 2. The SMILES string of the molecule is COc1ccc(SCC2CCCCN2)c(OC)c1. The Morgan fingerprint density at radius 2 is 2.17 bits per heavy atom. The molecule has 100 valence electrons. The first-order valence-corrected chi connectivity index (χ1v) is 7.40. The summed E-state index contributed by atoms with van der Waals surface area (Å²) in [6.07, 6.45) is 3.94. The van der Waals surface area contributed by atoms with Crippen LogP contribution in [0.5, 0.6) is 11.5 Å². The van der Waals surface area contributed by atoms with E-state index in [4.69, 9.17) is 9.47 Å². The number of piperidine rings is 1. The van der Waals surface area contributed by atoms with Crippen molar-refractivity contribution >= 4 is 11.8 Å². The minimum Gasteiger partial charge on any atom is -0.497 e. The summed E-state index contributed by atoms with van der Waals surface area (Å²) in [6, 6.07) is 6.64. The molecule has 0 aliphatic carbocycles. The number of thioether (sulfide) groups is 1. The van der Waals surface area contributed by atoms with Gasteiger partial charge in [-0.15, -0.1) is 11.8 Å². The van der Waals surface area contributed by atoms with Gasteiger partial charge in [-0.3, -0.25) is 0 Å². The van der Waals surface area contributed by atoms with E-state index in [0.717, 1.165) is 23.8 Å². The molecule has 1 aromatic carbocycles. The first kappa shape index (κ1) is 13.6. The molecule has 18 heavy (non-hydrogen) atoms. The summed E-state index contributed by atoms with van der Waals surface area (Å²) in [7, 11) is 3.38. The maximum Gasteiger partial charge on any atom is 0.136 e. The Bertz CT molecular complexity index is 378. The summed E-state index contributed by atoms with van der Waals surface area (Å²) in [5.74, 6) is 2.84. The average molecular weight is 267 g/mol. The molecule has 3 nitrogen and oxygen atoms in total. The molecule has 0 saturated carbocycles. The van der Waals surface area contributed by atoms with E-state index < -0.39 is 0 Å². The third kappa shape index (κ3) is 3.56. The van der Waals surface area contributed by atoms with Gasteiger partial charge >= 0.3 is 0 Å². The lowest BCUT2D eigenvalue weighted by molar-refractivity contribution is 0.387. The van der Waals surface area contributed by atoms with Crippen LogP contribution in [0.15, 0.2) is 23.1 Å². The Morgan fingerprint density at radius 1 is 1.28 bits per heavy atom. The van der Waals surface area contributed by atoms with Crippen LogP contribution in [0.4, 0.5) is 0 Å². The van der Waals surface area contributed by atoms with E-state index in [2.05, 4.69) is 11.4 Å². The molecule has 4 heteroatoms. The molecule has 2 rings (SSSR count). The Kier molecular flexibility index (Phi) is 5.20. The van der Waals surface area contributed by atoms with E-state index in [1.165, 1.54) is 24.2 Å². The highest BCUT2D eigenvalue weighted by atomic mass is 32.2. The van der Waals surface area contributed by atoms with Gasteiger partial charge < -0.3 is 14.8 Å². The standard InChI is InChI=1S/C14H21NO2S/c1-16-12-6-7-14(13(9-12)17-2)18-10-11-5-3-4-8-15-11/h6-7,9,11,15H,3-5,8,10H2,1-2H3. The zero-order valence-electron chi connectivity index (χ0n) is 11.1. The van der Waals surface area contributed by atoms with Crippen LogP contribution in [0.1, 0.15) is 19.3 Å². The number of hydrogen-bond acceptors (Lipinski definition) is 4. The summed E-state index contributed by atoms with van der Waals surface area (Å²) < 4.78 is 10.6. The number of ether oxygens (including phenoxy) is 2. The molecule has 0 bridgehead atoms. The maximum atomic E-state index is 5.41. The second kappa shape index (κ2) is 6.90. The molecule has 1 heterocycles.